The summed E-state index contributed by atoms with van der Waals surface area (Å²) in [5, 5.41) is 3.54. The van der Waals surface area contributed by atoms with E-state index in [0.29, 0.717) is 6.79 Å². The van der Waals surface area contributed by atoms with Gasteiger partial charge in [-0.2, -0.15) is 0 Å². The van der Waals surface area contributed by atoms with E-state index >= 15 is 0 Å². The Morgan fingerprint density at radius 1 is 1.33 bits per heavy atom. The molecule has 1 N–H and O–H groups in total. The van der Waals surface area contributed by atoms with Gasteiger partial charge in [0.25, 0.3) is 0 Å². The molecule has 3 unspecified atom stereocenters. The molecule has 4 nitrogen and oxygen atoms in total. The smallest absolute Gasteiger partial charge is 0.231 e. The van der Waals surface area contributed by atoms with Crippen LogP contribution in [0, 0.1) is 0 Å². The maximum Gasteiger partial charge on any atom is 0.231 e. The summed E-state index contributed by atoms with van der Waals surface area (Å²) in [6, 6.07) is 6.15. The van der Waals surface area contributed by atoms with Crippen LogP contribution in [0.5, 0.6) is 11.5 Å². The first-order valence-corrected chi connectivity index (χ1v) is 7.65. The summed E-state index contributed by atoms with van der Waals surface area (Å²) >= 11 is 0. The number of benzene rings is 1. The summed E-state index contributed by atoms with van der Waals surface area (Å²) in [7, 11) is -0.790. The van der Waals surface area contributed by atoms with E-state index in [4.69, 9.17) is 9.47 Å². The van der Waals surface area contributed by atoms with Gasteiger partial charge >= 0.3 is 0 Å². The molecule has 0 radical (unpaired) electrons. The van der Waals surface area contributed by atoms with Gasteiger partial charge in [-0.05, 0) is 31.5 Å². The van der Waals surface area contributed by atoms with Crippen molar-refractivity contribution in [3.63, 3.8) is 0 Å². The Labute approximate surface area is 110 Å². The summed E-state index contributed by atoms with van der Waals surface area (Å²) < 4.78 is 21.9. The standard InChI is InChI=1S/C13H19NO3S/c1-9(18(3)15)7-14-10(2)11-4-5-12-13(6-11)17-8-16-12/h4-6,9-10,14H,7-8H2,1-3H3. The van der Waals surface area contributed by atoms with E-state index in [-0.39, 0.29) is 11.3 Å². The van der Waals surface area contributed by atoms with Gasteiger partial charge < -0.3 is 14.8 Å². The monoisotopic (exact) mass is 269 g/mol. The third-order valence-electron chi connectivity index (χ3n) is 3.17. The Kier molecular flexibility index (Phi) is 4.24. The van der Waals surface area contributed by atoms with Crippen molar-refractivity contribution in [2.24, 2.45) is 0 Å². The molecule has 1 heterocycles. The van der Waals surface area contributed by atoms with Crippen LogP contribution in [-0.2, 0) is 10.8 Å². The average Bonchev–Trinajstić information content (AvgIpc) is 2.82. The van der Waals surface area contributed by atoms with Gasteiger partial charge in [-0.25, -0.2) is 0 Å². The van der Waals surface area contributed by atoms with Crippen molar-refractivity contribution in [2.75, 3.05) is 19.6 Å². The number of fused-ring (bicyclic) bond motifs is 1. The van der Waals surface area contributed by atoms with Gasteiger partial charge in [-0.1, -0.05) is 6.07 Å². The molecule has 0 aromatic heterocycles. The minimum Gasteiger partial charge on any atom is -0.454 e. The molecule has 1 aliphatic rings. The highest BCUT2D eigenvalue weighted by atomic mass is 32.2. The van der Waals surface area contributed by atoms with E-state index in [9.17, 15) is 4.21 Å². The van der Waals surface area contributed by atoms with Gasteiger partial charge in [0.05, 0.1) is 0 Å². The molecule has 0 amide bonds. The molecule has 5 heteroatoms. The van der Waals surface area contributed by atoms with Crippen LogP contribution in [0.2, 0.25) is 0 Å². The number of nitrogens with one attached hydrogen (secondary N) is 1. The molecule has 0 aliphatic carbocycles. The Bertz CT molecular complexity index is 450. The molecular weight excluding hydrogens is 250 g/mol. The van der Waals surface area contributed by atoms with Crippen LogP contribution >= 0.6 is 0 Å². The van der Waals surface area contributed by atoms with Crippen molar-refractivity contribution in [1.82, 2.24) is 5.32 Å². The van der Waals surface area contributed by atoms with Crippen LogP contribution in [0.4, 0.5) is 0 Å². The Morgan fingerprint density at radius 3 is 2.78 bits per heavy atom. The Balaban J connectivity index is 1.97. The van der Waals surface area contributed by atoms with E-state index < -0.39 is 10.8 Å². The molecular formula is C13H19NO3S. The fourth-order valence-electron chi connectivity index (χ4n) is 1.76. The van der Waals surface area contributed by atoms with Crippen molar-refractivity contribution in [2.45, 2.75) is 25.1 Å². The second-order valence-electron chi connectivity index (χ2n) is 4.55. The largest absolute Gasteiger partial charge is 0.454 e. The fraction of sp³-hybridized carbons (Fsp3) is 0.538. The third kappa shape index (κ3) is 3.03. The Morgan fingerprint density at radius 2 is 2.06 bits per heavy atom. The molecule has 0 saturated heterocycles. The van der Waals surface area contributed by atoms with Gasteiger partial charge in [0, 0.05) is 34.9 Å². The summed E-state index contributed by atoms with van der Waals surface area (Å²) in [4.78, 5) is 0. The molecule has 0 saturated carbocycles. The van der Waals surface area contributed by atoms with E-state index in [0.717, 1.165) is 23.6 Å². The lowest BCUT2D eigenvalue weighted by molar-refractivity contribution is 0.174. The predicted molar refractivity (Wildman–Crippen MR) is 72.5 cm³/mol. The summed E-state index contributed by atoms with van der Waals surface area (Å²) in [5.41, 5.74) is 1.15. The van der Waals surface area contributed by atoms with Crippen LogP contribution < -0.4 is 14.8 Å². The van der Waals surface area contributed by atoms with Crippen LogP contribution in [0.15, 0.2) is 18.2 Å². The van der Waals surface area contributed by atoms with E-state index in [2.05, 4.69) is 12.2 Å². The van der Waals surface area contributed by atoms with E-state index in [1.165, 1.54) is 0 Å². The summed E-state index contributed by atoms with van der Waals surface area (Å²) in [6.45, 7) is 5.10. The van der Waals surface area contributed by atoms with Crippen molar-refractivity contribution >= 4 is 10.8 Å². The third-order valence-corrected chi connectivity index (χ3v) is 4.47. The zero-order valence-corrected chi connectivity index (χ0v) is 11.8. The van der Waals surface area contributed by atoms with E-state index in [1.54, 1.807) is 6.26 Å². The van der Waals surface area contributed by atoms with Crippen LogP contribution in [0.1, 0.15) is 25.5 Å². The van der Waals surface area contributed by atoms with Crippen molar-refractivity contribution in [3.05, 3.63) is 23.8 Å². The number of rotatable bonds is 5. The second-order valence-corrected chi connectivity index (χ2v) is 6.35. The molecule has 2 rings (SSSR count). The highest BCUT2D eigenvalue weighted by molar-refractivity contribution is 7.84. The minimum absolute atomic E-state index is 0.154. The lowest BCUT2D eigenvalue weighted by Crippen LogP contribution is -2.29. The van der Waals surface area contributed by atoms with Gasteiger partial charge in [0.15, 0.2) is 11.5 Å². The maximum atomic E-state index is 11.3. The molecule has 100 valence electrons. The quantitative estimate of drug-likeness (QED) is 0.886. The average molecular weight is 269 g/mol. The van der Waals surface area contributed by atoms with Crippen LogP contribution in [-0.4, -0.2) is 29.1 Å². The van der Waals surface area contributed by atoms with Crippen LogP contribution in [0.25, 0.3) is 0 Å². The number of ether oxygens (including phenoxy) is 2. The van der Waals surface area contributed by atoms with E-state index in [1.807, 2.05) is 25.1 Å². The first-order chi connectivity index (χ1) is 8.58. The number of hydrogen-bond donors (Lipinski definition) is 1. The SMILES string of the molecule is CC(NCC(C)S(C)=O)c1ccc2c(c1)OCO2. The highest BCUT2D eigenvalue weighted by Crippen LogP contribution is 2.34. The van der Waals surface area contributed by atoms with Crippen molar-refractivity contribution < 1.29 is 13.7 Å². The van der Waals surface area contributed by atoms with Gasteiger partial charge in [-0.15, -0.1) is 0 Å². The fourth-order valence-corrected chi connectivity index (χ4v) is 2.09. The highest BCUT2D eigenvalue weighted by Gasteiger charge is 2.16. The van der Waals surface area contributed by atoms with Gasteiger partial charge in [0.1, 0.15) is 0 Å². The first kappa shape index (κ1) is 13.4. The molecule has 1 aliphatic heterocycles. The van der Waals surface area contributed by atoms with Crippen LogP contribution in [0.3, 0.4) is 0 Å². The van der Waals surface area contributed by atoms with Crippen molar-refractivity contribution in [1.29, 1.82) is 0 Å². The normalized spacial score (nSPS) is 18.4. The van der Waals surface area contributed by atoms with Gasteiger partial charge in [0.2, 0.25) is 6.79 Å². The lowest BCUT2D eigenvalue weighted by Gasteiger charge is -2.17. The topological polar surface area (TPSA) is 47.6 Å². The maximum absolute atomic E-state index is 11.3. The zero-order chi connectivity index (χ0) is 13.1. The summed E-state index contributed by atoms with van der Waals surface area (Å²) in [5.74, 6) is 1.60. The Hall–Kier alpha value is -1.07. The van der Waals surface area contributed by atoms with Crippen molar-refractivity contribution in [3.8, 4) is 11.5 Å². The predicted octanol–water partition coefficient (Wildman–Crippen LogP) is 1.83. The lowest BCUT2D eigenvalue weighted by atomic mass is 10.1. The zero-order valence-electron chi connectivity index (χ0n) is 10.9. The molecule has 18 heavy (non-hydrogen) atoms. The van der Waals surface area contributed by atoms with Gasteiger partial charge in [-0.3, -0.25) is 4.21 Å². The molecule has 1 aromatic carbocycles. The molecule has 0 fully saturated rings. The number of hydrogen-bond acceptors (Lipinski definition) is 4. The minimum atomic E-state index is -0.790. The molecule has 3 atom stereocenters. The first-order valence-electron chi connectivity index (χ1n) is 6.03. The molecule has 0 bridgehead atoms. The summed E-state index contributed by atoms with van der Waals surface area (Å²) in [6.07, 6.45) is 1.73. The molecule has 1 aromatic rings. The second kappa shape index (κ2) is 5.71. The molecule has 0 spiro atoms.